The molecule has 0 bridgehead atoms. The number of rotatable bonds is 8. The van der Waals surface area contributed by atoms with Gasteiger partial charge in [0.05, 0.1) is 32.5 Å². The zero-order chi connectivity index (χ0) is 15.0. The maximum atomic E-state index is 10.6. The quantitative estimate of drug-likeness (QED) is 0.561. The summed E-state index contributed by atoms with van der Waals surface area (Å²) in [5, 5.41) is 18.7. The minimum Gasteiger partial charge on any atom is -0.500 e. The number of methoxy groups -OCH3 is 1. The number of hydrogen-bond acceptors (Lipinski definition) is 4. The lowest BCUT2D eigenvalue weighted by Gasteiger charge is -2.20. The number of carbonyl (C=O) groups is 1. The molecule has 5 nitrogen and oxygen atoms in total. The van der Waals surface area contributed by atoms with Crippen LogP contribution in [-0.2, 0) is 20.9 Å². The normalized spacial score (nSPS) is 14.7. The van der Waals surface area contributed by atoms with Gasteiger partial charge in [0.15, 0.2) is 0 Å². The largest absolute Gasteiger partial charge is 0.500 e. The van der Waals surface area contributed by atoms with Crippen molar-refractivity contribution in [1.29, 1.82) is 0 Å². The summed E-state index contributed by atoms with van der Waals surface area (Å²) in [5.41, 5.74) is 1.01. The molecular weight excluding hydrogens is 260 g/mol. The van der Waals surface area contributed by atoms with Crippen molar-refractivity contribution < 1.29 is 24.5 Å². The molecule has 0 fully saturated rings. The first-order valence-electron chi connectivity index (χ1n) is 6.32. The fourth-order valence-corrected chi connectivity index (χ4v) is 1.70. The molecule has 110 valence electrons. The van der Waals surface area contributed by atoms with Gasteiger partial charge in [-0.1, -0.05) is 37.3 Å². The van der Waals surface area contributed by atoms with Gasteiger partial charge in [-0.05, 0) is 5.56 Å². The highest BCUT2D eigenvalue weighted by Crippen LogP contribution is 2.16. The first kappa shape index (κ1) is 16.2. The SMILES string of the molecule is CO/C(=C/C(=O)O)C(C)C(O)COCc1ccccc1. The summed E-state index contributed by atoms with van der Waals surface area (Å²) >= 11 is 0. The highest BCUT2D eigenvalue weighted by Gasteiger charge is 2.20. The maximum absolute atomic E-state index is 10.6. The van der Waals surface area contributed by atoms with Crippen LogP contribution in [0.4, 0.5) is 0 Å². The van der Waals surface area contributed by atoms with E-state index in [0.717, 1.165) is 11.6 Å². The second-order valence-corrected chi connectivity index (χ2v) is 4.45. The predicted octanol–water partition coefficient (Wildman–Crippen LogP) is 1.82. The summed E-state index contributed by atoms with van der Waals surface area (Å²) in [6.45, 7) is 2.20. The first-order chi connectivity index (χ1) is 9.54. The minimum absolute atomic E-state index is 0.108. The Kier molecular flexibility index (Phi) is 6.76. The van der Waals surface area contributed by atoms with Crippen LogP contribution in [0.3, 0.4) is 0 Å². The van der Waals surface area contributed by atoms with Gasteiger partial charge in [-0.25, -0.2) is 4.79 Å². The molecule has 0 radical (unpaired) electrons. The van der Waals surface area contributed by atoms with E-state index in [1.54, 1.807) is 6.92 Å². The van der Waals surface area contributed by atoms with Crippen molar-refractivity contribution in [3.63, 3.8) is 0 Å². The Bertz CT molecular complexity index is 441. The summed E-state index contributed by atoms with van der Waals surface area (Å²) in [6, 6.07) is 9.61. The number of aliphatic hydroxyl groups is 1. The first-order valence-corrected chi connectivity index (χ1v) is 6.32. The van der Waals surface area contributed by atoms with E-state index >= 15 is 0 Å². The van der Waals surface area contributed by atoms with Gasteiger partial charge in [0.2, 0.25) is 0 Å². The number of aliphatic hydroxyl groups excluding tert-OH is 1. The van der Waals surface area contributed by atoms with Gasteiger partial charge in [-0.2, -0.15) is 0 Å². The van der Waals surface area contributed by atoms with E-state index in [1.807, 2.05) is 30.3 Å². The van der Waals surface area contributed by atoms with Crippen LogP contribution in [0.1, 0.15) is 12.5 Å². The van der Waals surface area contributed by atoms with E-state index in [4.69, 9.17) is 14.6 Å². The Morgan fingerprint density at radius 1 is 1.35 bits per heavy atom. The summed E-state index contributed by atoms with van der Waals surface area (Å²) in [4.78, 5) is 10.6. The molecule has 0 spiro atoms. The van der Waals surface area contributed by atoms with Crippen LogP contribution in [0.25, 0.3) is 0 Å². The van der Waals surface area contributed by atoms with Crippen molar-refractivity contribution in [3.8, 4) is 0 Å². The van der Waals surface area contributed by atoms with Crippen LogP contribution in [0.15, 0.2) is 42.2 Å². The molecule has 0 aromatic heterocycles. The van der Waals surface area contributed by atoms with Crippen LogP contribution >= 0.6 is 0 Å². The van der Waals surface area contributed by atoms with Gasteiger partial charge in [0, 0.05) is 5.92 Å². The molecule has 0 heterocycles. The Morgan fingerprint density at radius 3 is 2.55 bits per heavy atom. The number of carboxylic acid groups (broad SMARTS) is 1. The highest BCUT2D eigenvalue weighted by atomic mass is 16.5. The second kappa shape index (κ2) is 8.35. The third kappa shape index (κ3) is 5.42. The highest BCUT2D eigenvalue weighted by molar-refractivity contribution is 5.80. The average molecular weight is 280 g/mol. The monoisotopic (exact) mass is 280 g/mol. The average Bonchev–Trinajstić information content (AvgIpc) is 2.44. The predicted molar refractivity (Wildman–Crippen MR) is 74.0 cm³/mol. The minimum atomic E-state index is -1.11. The molecule has 1 rings (SSSR count). The summed E-state index contributed by atoms with van der Waals surface area (Å²) in [7, 11) is 1.38. The van der Waals surface area contributed by atoms with E-state index in [1.165, 1.54) is 7.11 Å². The third-order valence-electron chi connectivity index (χ3n) is 2.93. The molecule has 0 aliphatic carbocycles. The van der Waals surface area contributed by atoms with Crippen molar-refractivity contribution in [2.24, 2.45) is 5.92 Å². The zero-order valence-corrected chi connectivity index (χ0v) is 11.7. The number of aliphatic carboxylic acids is 1. The molecule has 1 aromatic rings. The van der Waals surface area contributed by atoms with Crippen LogP contribution in [0.2, 0.25) is 0 Å². The molecule has 2 atom stereocenters. The fourth-order valence-electron chi connectivity index (χ4n) is 1.70. The Morgan fingerprint density at radius 2 is 2.00 bits per heavy atom. The van der Waals surface area contributed by atoms with Gasteiger partial charge in [-0.3, -0.25) is 0 Å². The number of benzene rings is 1. The Hall–Kier alpha value is -1.85. The number of hydrogen-bond donors (Lipinski definition) is 2. The lowest BCUT2D eigenvalue weighted by Crippen LogP contribution is -2.26. The molecule has 0 aliphatic heterocycles. The lowest BCUT2D eigenvalue weighted by molar-refractivity contribution is -0.131. The molecule has 0 amide bonds. The number of ether oxygens (including phenoxy) is 2. The van der Waals surface area contributed by atoms with Gasteiger partial charge in [0.1, 0.15) is 5.76 Å². The van der Waals surface area contributed by atoms with Gasteiger partial charge in [0.25, 0.3) is 0 Å². The van der Waals surface area contributed by atoms with Crippen LogP contribution in [0, 0.1) is 5.92 Å². The van der Waals surface area contributed by atoms with E-state index in [0.29, 0.717) is 6.61 Å². The van der Waals surface area contributed by atoms with Crippen molar-refractivity contribution in [1.82, 2.24) is 0 Å². The molecule has 0 aliphatic rings. The molecule has 2 N–H and O–H groups in total. The van der Waals surface area contributed by atoms with E-state index in [9.17, 15) is 9.90 Å². The van der Waals surface area contributed by atoms with Crippen molar-refractivity contribution in [3.05, 3.63) is 47.7 Å². The summed E-state index contributed by atoms with van der Waals surface area (Å²) < 4.78 is 10.4. The lowest BCUT2D eigenvalue weighted by atomic mass is 10.0. The molecule has 5 heteroatoms. The van der Waals surface area contributed by atoms with Gasteiger partial charge >= 0.3 is 5.97 Å². The molecule has 0 saturated heterocycles. The smallest absolute Gasteiger partial charge is 0.331 e. The van der Waals surface area contributed by atoms with Crippen LogP contribution < -0.4 is 0 Å². The van der Waals surface area contributed by atoms with Gasteiger partial charge < -0.3 is 19.7 Å². The summed E-state index contributed by atoms with van der Waals surface area (Å²) in [5.74, 6) is -1.34. The van der Waals surface area contributed by atoms with E-state index in [-0.39, 0.29) is 12.4 Å². The second-order valence-electron chi connectivity index (χ2n) is 4.45. The third-order valence-corrected chi connectivity index (χ3v) is 2.93. The fraction of sp³-hybridized carbons (Fsp3) is 0.400. The zero-order valence-electron chi connectivity index (χ0n) is 11.7. The van der Waals surface area contributed by atoms with E-state index < -0.39 is 18.0 Å². The number of carboxylic acids is 1. The molecule has 2 unspecified atom stereocenters. The molecule has 20 heavy (non-hydrogen) atoms. The van der Waals surface area contributed by atoms with Crippen molar-refractivity contribution >= 4 is 5.97 Å². The standard InChI is InChI=1S/C15H20O5/c1-11(14(19-2)8-15(17)18)13(16)10-20-9-12-6-4-3-5-7-12/h3-8,11,13,16H,9-10H2,1-2H3,(H,17,18)/b14-8+. The van der Waals surface area contributed by atoms with Crippen LogP contribution in [0.5, 0.6) is 0 Å². The van der Waals surface area contributed by atoms with Crippen molar-refractivity contribution in [2.45, 2.75) is 19.6 Å². The van der Waals surface area contributed by atoms with Crippen molar-refractivity contribution in [2.75, 3.05) is 13.7 Å². The molecular formula is C15H20O5. The summed E-state index contributed by atoms with van der Waals surface area (Å²) in [6.07, 6.45) is 0.120. The molecule has 1 aromatic carbocycles. The molecule has 0 saturated carbocycles. The maximum Gasteiger partial charge on any atom is 0.331 e. The van der Waals surface area contributed by atoms with Gasteiger partial charge in [-0.15, -0.1) is 0 Å². The van der Waals surface area contributed by atoms with Crippen LogP contribution in [-0.4, -0.2) is 36.0 Å². The Labute approximate surface area is 118 Å². The Balaban J connectivity index is 2.45. The topological polar surface area (TPSA) is 76.0 Å². The van der Waals surface area contributed by atoms with E-state index in [2.05, 4.69) is 0 Å².